The lowest BCUT2D eigenvalue weighted by Gasteiger charge is -2.12. The van der Waals surface area contributed by atoms with Crippen LogP contribution in [0.15, 0.2) is 180 Å². The lowest BCUT2D eigenvalue weighted by atomic mass is 9.98. The lowest BCUT2D eigenvalue weighted by Crippen LogP contribution is -1.97. The molecule has 0 unspecified atom stereocenters. The zero-order valence-corrected chi connectivity index (χ0v) is 28.5. The Balaban J connectivity index is 0.962. The summed E-state index contributed by atoms with van der Waals surface area (Å²) >= 11 is 0. The molecule has 0 fully saturated rings. The number of benzene rings is 8. The second kappa shape index (κ2) is 11.1. The molecule has 52 heavy (non-hydrogen) atoms. The topological polar surface area (TPSA) is 23.0 Å². The summed E-state index contributed by atoms with van der Waals surface area (Å²) in [5.41, 5.74) is 15.0. The highest BCUT2D eigenvalue weighted by Gasteiger charge is 2.18. The van der Waals surface area contributed by atoms with Crippen molar-refractivity contribution in [2.45, 2.75) is 6.92 Å². The molecule has 0 aliphatic rings. The van der Waals surface area contributed by atoms with Crippen LogP contribution in [-0.4, -0.2) is 9.13 Å². The molecule has 0 aliphatic heterocycles. The van der Waals surface area contributed by atoms with Gasteiger partial charge in [0.15, 0.2) is 0 Å². The molecule has 8 aromatic carbocycles. The van der Waals surface area contributed by atoms with Crippen LogP contribution < -0.4 is 0 Å². The maximum atomic E-state index is 6.42. The lowest BCUT2D eigenvalue weighted by molar-refractivity contribution is 0.668. The smallest absolute Gasteiger partial charge is 0.135 e. The van der Waals surface area contributed by atoms with Gasteiger partial charge in [0.25, 0.3) is 0 Å². The minimum absolute atomic E-state index is 0.904. The number of hydrogen-bond donors (Lipinski definition) is 0. The third kappa shape index (κ3) is 4.20. The Morgan fingerprint density at radius 2 is 0.788 bits per heavy atom. The second-order valence-electron chi connectivity index (χ2n) is 13.8. The SMILES string of the molecule is Cc1c(-n2c3ccccc3c3ccccc32)ccc2oc3ccc(-c4ccc(-c5ccc(-n6c7ccccc7c7ccccc76)cc5)cc4)cc3c12. The molecule has 3 heteroatoms. The number of para-hydroxylation sites is 4. The van der Waals surface area contributed by atoms with Gasteiger partial charge in [-0.1, -0.05) is 115 Å². The summed E-state index contributed by atoms with van der Waals surface area (Å²) in [4.78, 5) is 0. The van der Waals surface area contributed by atoms with Crippen molar-refractivity contribution in [2.24, 2.45) is 0 Å². The van der Waals surface area contributed by atoms with Crippen LogP contribution in [0.2, 0.25) is 0 Å². The molecule has 3 nitrogen and oxygen atoms in total. The number of furan rings is 1. The van der Waals surface area contributed by atoms with Gasteiger partial charge < -0.3 is 13.6 Å². The predicted molar refractivity (Wildman–Crippen MR) is 218 cm³/mol. The number of aryl methyl sites for hydroxylation is 1. The number of fused-ring (bicyclic) bond motifs is 9. The molecule has 0 aliphatic carbocycles. The van der Waals surface area contributed by atoms with Crippen LogP contribution in [0.5, 0.6) is 0 Å². The number of nitrogens with zero attached hydrogens (tertiary/aromatic N) is 2. The first-order valence-electron chi connectivity index (χ1n) is 17.9. The van der Waals surface area contributed by atoms with Gasteiger partial charge in [-0.05, 0) is 95.4 Å². The molecule has 0 spiro atoms. The molecule has 0 amide bonds. The summed E-state index contributed by atoms with van der Waals surface area (Å²) < 4.78 is 11.2. The Bertz CT molecular complexity index is 3070. The first kappa shape index (κ1) is 28.9. The Morgan fingerprint density at radius 3 is 1.33 bits per heavy atom. The molecule has 11 aromatic rings. The van der Waals surface area contributed by atoms with Gasteiger partial charge in [-0.25, -0.2) is 0 Å². The van der Waals surface area contributed by atoms with Crippen molar-refractivity contribution in [3.63, 3.8) is 0 Å². The molecule has 0 bridgehead atoms. The highest BCUT2D eigenvalue weighted by Crippen LogP contribution is 2.40. The van der Waals surface area contributed by atoms with Crippen LogP contribution in [0.4, 0.5) is 0 Å². The van der Waals surface area contributed by atoms with Crippen molar-refractivity contribution in [2.75, 3.05) is 0 Å². The van der Waals surface area contributed by atoms with Crippen molar-refractivity contribution >= 4 is 65.6 Å². The van der Waals surface area contributed by atoms with Crippen molar-refractivity contribution in [1.29, 1.82) is 0 Å². The van der Waals surface area contributed by atoms with Crippen molar-refractivity contribution in [3.8, 4) is 33.6 Å². The number of hydrogen-bond acceptors (Lipinski definition) is 1. The monoisotopic (exact) mass is 664 g/mol. The van der Waals surface area contributed by atoms with E-state index < -0.39 is 0 Å². The van der Waals surface area contributed by atoms with E-state index >= 15 is 0 Å². The second-order valence-corrected chi connectivity index (χ2v) is 13.8. The Hall–Kier alpha value is -6.84. The minimum atomic E-state index is 0.904. The van der Waals surface area contributed by atoms with E-state index in [1.54, 1.807) is 0 Å². The van der Waals surface area contributed by atoms with Gasteiger partial charge in [0.05, 0.1) is 22.1 Å². The van der Waals surface area contributed by atoms with Gasteiger partial charge in [0.2, 0.25) is 0 Å². The van der Waals surface area contributed by atoms with E-state index in [2.05, 4.69) is 192 Å². The van der Waals surface area contributed by atoms with Crippen molar-refractivity contribution in [3.05, 3.63) is 181 Å². The first-order chi connectivity index (χ1) is 25.7. The molecule has 0 saturated carbocycles. The maximum absolute atomic E-state index is 6.42. The number of rotatable bonds is 4. The average Bonchev–Trinajstić information content (AvgIpc) is 3.86. The van der Waals surface area contributed by atoms with E-state index in [-0.39, 0.29) is 0 Å². The van der Waals surface area contributed by atoms with Gasteiger partial charge in [-0.15, -0.1) is 0 Å². The zero-order valence-electron chi connectivity index (χ0n) is 28.5. The number of aromatic nitrogens is 2. The van der Waals surface area contributed by atoms with E-state index in [1.165, 1.54) is 77.1 Å². The van der Waals surface area contributed by atoms with Gasteiger partial charge >= 0.3 is 0 Å². The molecular weight excluding hydrogens is 633 g/mol. The molecular formula is C49H32N2O. The summed E-state index contributed by atoms with van der Waals surface area (Å²) in [6.07, 6.45) is 0. The summed E-state index contributed by atoms with van der Waals surface area (Å²) in [5.74, 6) is 0. The maximum Gasteiger partial charge on any atom is 0.135 e. The standard InChI is InChI=1S/C49H32N2O/c1-31-42(51-45-16-8-4-12-39(45)40-13-5-9-17-46(40)51)27-29-48-49(31)41-30-35(24-28-47(41)52-48)34-20-18-32(19-21-34)33-22-25-36(26-23-33)50-43-14-6-2-10-37(43)38-11-3-7-15-44(38)50/h2-30H,1H3. The molecule has 0 N–H and O–H groups in total. The molecule has 0 radical (unpaired) electrons. The Morgan fingerprint density at radius 1 is 0.365 bits per heavy atom. The van der Waals surface area contributed by atoms with Gasteiger partial charge in [0.1, 0.15) is 11.2 Å². The van der Waals surface area contributed by atoms with E-state index in [1.807, 2.05) is 0 Å². The van der Waals surface area contributed by atoms with Crippen molar-refractivity contribution < 1.29 is 4.42 Å². The van der Waals surface area contributed by atoms with Crippen LogP contribution in [0.1, 0.15) is 5.56 Å². The van der Waals surface area contributed by atoms with Crippen LogP contribution in [0.25, 0.3) is 99.2 Å². The van der Waals surface area contributed by atoms with Crippen molar-refractivity contribution in [1.82, 2.24) is 9.13 Å². The van der Waals surface area contributed by atoms with E-state index in [9.17, 15) is 0 Å². The third-order valence-corrected chi connectivity index (χ3v) is 10.9. The fraction of sp³-hybridized carbons (Fsp3) is 0.0204. The van der Waals surface area contributed by atoms with Gasteiger partial charge in [-0.2, -0.15) is 0 Å². The minimum Gasteiger partial charge on any atom is -0.456 e. The van der Waals surface area contributed by atoms with Crippen LogP contribution in [-0.2, 0) is 0 Å². The fourth-order valence-corrected chi connectivity index (χ4v) is 8.49. The normalized spacial score (nSPS) is 11.9. The van der Waals surface area contributed by atoms with Crippen LogP contribution in [0, 0.1) is 6.92 Å². The summed E-state index contributed by atoms with van der Waals surface area (Å²) in [5, 5.41) is 7.38. The van der Waals surface area contributed by atoms with Gasteiger partial charge in [-0.3, -0.25) is 0 Å². The largest absolute Gasteiger partial charge is 0.456 e. The van der Waals surface area contributed by atoms with E-state index in [0.717, 1.165) is 27.6 Å². The quantitative estimate of drug-likeness (QED) is 0.184. The van der Waals surface area contributed by atoms with Gasteiger partial charge in [0, 0.05) is 43.7 Å². The van der Waals surface area contributed by atoms with Crippen LogP contribution in [0.3, 0.4) is 0 Å². The molecule has 0 atom stereocenters. The Kier molecular flexibility index (Phi) is 6.17. The van der Waals surface area contributed by atoms with E-state index in [4.69, 9.17) is 4.42 Å². The van der Waals surface area contributed by atoms with E-state index in [0.29, 0.717) is 0 Å². The predicted octanol–water partition coefficient (Wildman–Crippen LogP) is 13.4. The van der Waals surface area contributed by atoms with Crippen LogP contribution >= 0.6 is 0 Å². The molecule has 3 heterocycles. The molecule has 11 rings (SSSR count). The summed E-state index contributed by atoms with van der Waals surface area (Å²) in [6.45, 7) is 2.23. The average molecular weight is 665 g/mol. The highest BCUT2D eigenvalue weighted by atomic mass is 16.3. The first-order valence-corrected chi connectivity index (χ1v) is 17.9. The molecule has 3 aromatic heterocycles. The third-order valence-electron chi connectivity index (χ3n) is 10.9. The zero-order chi connectivity index (χ0) is 34.3. The Labute approximate surface area is 300 Å². The summed E-state index contributed by atoms with van der Waals surface area (Å²) in [6, 6.07) is 63.4. The fourth-order valence-electron chi connectivity index (χ4n) is 8.49. The highest BCUT2D eigenvalue weighted by molar-refractivity contribution is 6.12. The summed E-state index contributed by atoms with van der Waals surface area (Å²) in [7, 11) is 0. The molecule has 244 valence electrons. The molecule has 0 saturated heterocycles.